The van der Waals surface area contributed by atoms with Gasteiger partial charge in [0.2, 0.25) is 0 Å². The van der Waals surface area contributed by atoms with Gasteiger partial charge in [-0.15, -0.1) is 0 Å². The van der Waals surface area contributed by atoms with Crippen molar-refractivity contribution in [2.75, 3.05) is 0 Å². The molecule has 2 heterocycles. The van der Waals surface area contributed by atoms with Gasteiger partial charge in [0.15, 0.2) is 0 Å². The van der Waals surface area contributed by atoms with Crippen molar-refractivity contribution in [3.8, 4) is 11.1 Å². The highest BCUT2D eigenvalue weighted by molar-refractivity contribution is 6.30. The lowest BCUT2D eigenvalue weighted by Crippen LogP contribution is -2.43. The average molecular weight is 437 g/mol. The molecule has 160 valence electrons. The first-order valence-electron chi connectivity index (χ1n) is 10.5. The second-order valence-electron chi connectivity index (χ2n) is 7.90. The van der Waals surface area contributed by atoms with Crippen molar-refractivity contribution < 1.29 is 4.79 Å². The fraction of sp³-hybridized carbons (Fsp3) is 0.292. The van der Waals surface area contributed by atoms with Crippen LogP contribution in [0.3, 0.4) is 0 Å². The Labute approximate surface area is 186 Å². The summed E-state index contributed by atoms with van der Waals surface area (Å²) in [7, 11) is 0. The molecule has 1 amide bonds. The summed E-state index contributed by atoms with van der Waals surface area (Å²) in [5, 5.41) is 7.24. The number of aromatic amines is 1. The first kappa shape index (κ1) is 21.3. The third-order valence-corrected chi connectivity index (χ3v) is 5.96. The third-order valence-electron chi connectivity index (χ3n) is 5.71. The van der Waals surface area contributed by atoms with Crippen LogP contribution in [0.15, 0.2) is 65.8 Å². The van der Waals surface area contributed by atoms with E-state index >= 15 is 0 Å². The van der Waals surface area contributed by atoms with Crippen LogP contribution in [-0.2, 0) is 6.54 Å². The molecule has 0 saturated heterocycles. The van der Waals surface area contributed by atoms with Gasteiger partial charge < -0.3 is 15.6 Å². The topological polar surface area (TPSA) is 86.9 Å². The number of hydrogen-bond acceptors (Lipinski definition) is 4. The van der Waals surface area contributed by atoms with E-state index in [0.29, 0.717) is 11.1 Å². The number of pyridine rings is 2. The Hall–Kier alpha value is -2.96. The minimum Gasteiger partial charge on any atom is -0.349 e. The predicted molar refractivity (Wildman–Crippen MR) is 122 cm³/mol. The second-order valence-corrected chi connectivity index (χ2v) is 8.34. The van der Waals surface area contributed by atoms with Gasteiger partial charge in [-0.1, -0.05) is 29.8 Å². The highest BCUT2D eigenvalue weighted by Crippen LogP contribution is 2.22. The Morgan fingerprint density at radius 1 is 1.06 bits per heavy atom. The number of aromatic nitrogens is 2. The molecule has 1 aliphatic rings. The molecule has 0 spiro atoms. The number of rotatable bonds is 6. The van der Waals surface area contributed by atoms with Gasteiger partial charge >= 0.3 is 0 Å². The van der Waals surface area contributed by atoms with Gasteiger partial charge in [-0.25, -0.2) is 0 Å². The molecular formula is C24H25ClN4O2. The average Bonchev–Trinajstić information content (AvgIpc) is 2.80. The van der Waals surface area contributed by atoms with E-state index in [1.165, 1.54) is 0 Å². The number of amides is 1. The van der Waals surface area contributed by atoms with Gasteiger partial charge in [0, 0.05) is 42.2 Å². The second kappa shape index (κ2) is 9.90. The summed E-state index contributed by atoms with van der Waals surface area (Å²) in [6.07, 6.45) is 8.97. The molecule has 2 aromatic heterocycles. The Balaban J connectivity index is 1.33. The molecule has 0 bridgehead atoms. The summed E-state index contributed by atoms with van der Waals surface area (Å²) < 4.78 is 0. The number of hydrogen-bond donors (Lipinski definition) is 3. The lowest BCUT2D eigenvalue weighted by atomic mass is 9.91. The van der Waals surface area contributed by atoms with Crippen LogP contribution in [0.2, 0.25) is 5.02 Å². The van der Waals surface area contributed by atoms with E-state index in [4.69, 9.17) is 11.6 Å². The number of nitrogens with zero attached hydrogens (tertiary/aromatic N) is 1. The van der Waals surface area contributed by atoms with E-state index in [-0.39, 0.29) is 23.1 Å². The highest BCUT2D eigenvalue weighted by atomic mass is 35.5. The highest BCUT2D eigenvalue weighted by Gasteiger charge is 2.23. The van der Waals surface area contributed by atoms with Gasteiger partial charge in [-0.2, -0.15) is 0 Å². The smallest absolute Gasteiger partial charge is 0.260 e. The molecule has 0 unspecified atom stereocenters. The lowest BCUT2D eigenvalue weighted by molar-refractivity contribution is 0.0922. The summed E-state index contributed by atoms with van der Waals surface area (Å²) in [5.41, 5.74) is 2.56. The van der Waals surface area contributed by atoms with Crippen LogP contribution in [0.25, 0.3) is 11.1 Å². The van der Waals surface area contributed by atoms with Gasteiger partial charge in [0.05, 0.1) is 0 Å². The van der Waals surface area contributed by atoms with Crippen LogP contribution in [0.1, 0.15) is 41.6 Å². The Morgan fingerprint density at radius 2 is 1.81 bits per heavy atom. The fourth-order valence-electron chi connectivity index (χ4n) is 3.93. The molecule has 0 radical (unpaired) electrons. The molecule has 1 aromatic carbocycles. The van der Waals surface area contributed by atoms with E-state index in [2.05, 4.69) is 26.7 Å². The van der Waals surface area contributed by atoms with Crippen LogP contribution in [0.5, 0.6) is 0 Å². The number of carbonyl (C=O) groups is 1. The number of halogens is 1. The molecule has 3 N–H and O–H groups in total. The zero-order valence-electron chi connectivity index (χ0n) is 17.1. The SMILES string of the molecule is O=C(NC1CCC(NCc2cccnc2)CC1)c1cc(-c2ccc(Cl)cc2)c[nH]c1=O. The maximum atomic E-state index is 12.8. The molecule has 1 fully saturated rings. The van der Waals surface area contributed by atoms with E-state index < -0.39 is 0 Å². The van der Waals surface area contributed by atoms with Crippen LogP contribution in [0, 0.1) is 0 Å². The van der Waals surface area contributed by atoms with Crippen LogP contribution < -0.4 is 16.2 Å². The number of H-pyrrole nitrogens is 1. The van der Waals surface area contributed by atoms with Crippen LogP contribution >= 0.6 is 11.6 Å². The van der Waals surface area contributed by atoms with Crippen molar-refractivity contribution in [3.63, 3.8) is 0 Å². The summed E-state index contributed by atoms with van der Waals surface area (Å²) in [5.74, 6) is -0.330. The zero-order valence-corrected chi connectivity index (χ0v) is 17.9. The molecule has 31 heavy (non-hydrogen) atoms. The Bertz CT molecular complexity index is 1070. The largest absolute Gasteiger partial charge is 0.349 e. The van der Waals surface area contributed by atoms with Gasteiger partial charge in [-0.05, 0) is 66.6 Å². The zero-order chi connectivity index (χ0) is 21.6. The standard InChI is InChI=1S/C24H25ClN4O2/c25-19-5-3-17(4-6-19)18-12-22(23(30)28-15-18)24(31)29-21-9-7-20(8-10-21)27-14-16-2-1-11-26-13-16/h1-6,11-13,15,20-21,27H,7-10,14H2,(H,28,30)(H,29,31). The van der Waals surface area contributed by atoms with Crippen molar-refractivity contribution in [2.45, 2.75) is 44.3 Å². The van der Waals surface area contributed by atoms with Gasteiger partial charge in [-0.3, -0.25) is 14.6 Å². The van der Waals surface area contributed by atoms with Crippen molar-refractivity contribution >= 4 is 17.5 Å². The monoisotopic (exact) mass is 436 g/mol. The first-order chi connectivity index (χ1) is 15.1. The van der Waals surface area contributed by atoms with Crippen molar-refractivity contribution in [1.29, 1.82) is 0 Å². The normalized spacial score (nSPS) is 18.5. The Morgan fingerprint density at radius 3 is 2.52 bits per heavy atom. The van der Waals surface area contributed by atoms with Crippen LogP contribution in [-0.4, -0.2) is 28.0 Å². The first-order valence-corrected chi connectivity index (χ1v) is 10.9. The summed E-state index contributed by atoms with van der Waals surface area (Å²) in [6, 6.07) is 13.4. The molecule has 7 heteroatoms. The minimum absolute atomic E-state index is 0.0718. The molecule has 1 saturated carbocycles. The molecule has 1 aliphatic carbocycles. The van der Waals surface area contributed by atoms with Crippen molar-refractivity contribution in [2.24, 2.45) is 0 Å². The predicted octanol–water partition coefficient (Wildman–Crippen LogP) is 3.92. The molecule has 6 nitrogen and oxygen atoms in total. The number of carbonyl (C=O) groups excluding carboxylic acids is 1. The maximum Gasteiger partial charge on any atom is 0.260 e. The van der Waals surface area contributed by atoms with Gasteiger partial charge in [0.25, 0.3) is 11.5 Å². The maximum absolute atomic E-state index is 12.8. The third kappa shape index (κ3) is 5.60. The summed E-state index contributed by atoms with van der Waals surface area (Å²) in [6.45, 7) is 0.794. The van der Waals surface area contributed by atoms with E-state index in [9.17, 15) is 9.59 Å². The fourth-order valence-corrected chi connectivity index (χ4v) is 4.06. The van der Waals surface area contributed by atoms with Crippen molar-refractivity contribution in [3.05, 3.63) is 87.6 Å². The van der Waals surface area contributed by atoms with Gasteiger partial charge in [0.1, 0.15) is 5.56 Å². The molecule has 4 rings (SSSR count). The van der Waals surface area contributed by atoms with E-state index in [1.807, 2.05) is 24.4 Å². The molecule has 0 aliphatic heterocycles. The molecule has 3 aromatic rings. The lowest BCUT2D eigenvalue weighted by Gasteiger charge is -2.29. The van der Waals surface area contributed by atoms with Crippen molar-refractivity contribution in [1.82, 2.24) is 20.6 Å². The summed E-state index contributed by atoms with van der Waals surface area (Å²) in [4.78, 5) is 31.9. The molecule has 0 atom stereocenters. The minimum atomic E-state index is -0.387. The molecular weight excluding hydrogens is 412 g/mol. The quantitative estimate of drug-likeness (QED) is 0.546. The van der Waals surface area contributed by atoms with E-state index in [0.717, 1.165) is 48.9 Å². The Kier molecular flexibility index (Phi) is 6.79. The van der Waals surface area contributed by atoms with Crippen LogP contribution in [0.4, 0.5) is 0 Å². The summed E-state index contributed by atoms with van der Waals surface area (Å²) >= 11 is 5.95. The number of nitrogens with one attached hydrogen (secondary N) is 3. The number of benzene rings is 1. The van der Waals surface area contributed by atoms with E-state index in [1.54, 1.807) is 30.6 Å².